The van der Waals surface area contributed by atoms with Crippen LogP contribution < -0.4 is 5.32 Å². The predicted octanol–water partition coefficient (Wildman–Crippen LogP) is 1.49. The van der Waals surface area contributed by atoms with Gasteiger partial charge in [-0.05, 0) is 40.0 Å². The fraction of sp³-hybridized carbons (Fsp3) is 0.900. The molecular formula is C10H18NO2. The lowest BCUT2D eigenvalue weighted by Crippen LogP contribution is -2.39. The van der Waals surface area contributed by atoms with Gasteiger partial charge in [-0.2, -0.15) is 0 Å². The molecule has 0 saturated carbocycles. The molecule has 1 fully saturated rings. The Morgan fingerprint density at radius 1 is 1.38 bits per heavy atom. The number of ether oxygens (including phenoxy) is 1. The highest BCUT2D eigenvalue weighted by molar-refractivity contribution is 5.76. The standard InChI is InChI=1S/C10H18NO2/c1-10(2,3)13-9(12)8-6-4-5-7-11-8/h8H,4-7H2,1-3H3. The third kappa shape index (κ3) is 3.77. The van der Waals surface area contributed by atoms with Gasteiger partial charge in [0.1, 0.15) is 11.6 Å². The van der Waals surface area contributed by atoms with Gasteiger partial charge < -0.3 is 4.74 Å². The molecule has 1 atom stereocenters. The summed E-state index contributed by atoms with van der Waals surface area (Å²) in [5.74, 6) is -0.160. The Balaban J connectivity index is 2.38. The van der Waals surface area contributed by atoms with Crippen molar-refractivity contribution in [1.82, 2.24) is 5.32 Å². The van der Waals surface area contributed by atoms with Crippen LogP contribution in [-0.2, 0) is 9.53 Å². The average Bonchev–Trinajstić information content (AvgIpc) is 2.03. The van der Waals surface area contributed by atoms with Gasteiger partial charge in [0.05, 0.1) is 0 Å². The first-order valence-electron chi connectivity index (χ1n) is 4.88. The highest BCUT2D eigenvalue weighted by Gasteiger charge is 2.26. The van der Waals surface area contributed by atoms with Crippen molar-refractivity contribution in [3.63, 3.8) is 0 Å². The maximum Gasteiger partial charge on any atom is 0.325 e. The van der Waals surface area contributed by atoms with Crippen molar-refractivity contribution in [1.29, 1.82) is 0 Å². The molecule has 1 aliphatic heterocycles. The maximum absolute atomic E-state index is 11.5. The van der Waals surface area contributed by atoms with Gasteiger partial charge in [0.2, 0.25) is 0 Å². The van der Waals surface area contributed by atoms with Gasteiger partial charge in [-0.1, -0.05) is 0 Å². The molecule has 1 radical (unpaired) electrons. The van der Waals surface area contributed by atoms with E-state index in [0.717, 1.165) is 25.8 Å². The van der Waals surface area contributed by atoms with E-state index < -0.39 is 0 Å². The molecule has 1 aliphatic rings. The third-order valence-electron chi connectivity index (χ3n) is 1.91. The van der Waals surface area contributed by atoms with Crippen LogP contribution in [0.1, 0.15) is 40.0 Å². The molecule has 1 heterocycles. The summed E-state index contributed by atoms with van der Waals surface area (Å²) in [7, 11) is 0. The van der Waals surface area contributed by atoms with Gasteiger partial charge in [-0.15, -0.1) is 0 Å². The fourth-order valence-corrected chi connectivity index (χ4v) is 1.35. The summed E-state index contributed by atoms with van der Waals surface area (Å²) >= 11 is 0. The molecule has 0 spiro atoms. The number of piperidine rings is 1. The summed E-state index contributed by atoms with van der Waals surface area (Å²) in [5, 5.41) is 4.24. The lowest BCUT2D eigenvalue weighted by molar-refractivity contribution is -0.158. The zero-order valence-electron chi connectivity index (χ0n) is 8.67. The topological polar surface area (TPSA) is 40.4 Å². The van der Waals surface area contributed by atoms with Crippen LogP contribution in [0.3, 0.4) is 0 Å². The SMILES string of the molecule is CC(C)(C)OC(=O)C1CCCC[N]1. The summed E-state index contributed by atoms with van der Waals surface area (Å²) in [6.07, 6.45) is 3.06. The number of esters is 1. The molecule has 0 aromatic heterocycles. The van der Waals surface area contributed by atoms with Crippen LogP contribution in [-0.4, -0.2) is 24.2 Å². The smallest absolute Gasteiger partial charge is 0.325 e. The average molecular weight is 184 g/mol. The lowest BCUT2D eigenvalue weighted by Gasteiger charge is -2.25. The molecule has 13 heavy (non-hydrogen) atoms. The normalized spacial score (nSPS) is 24.1. The molecule has 75 valence electrons. The quantitative estimate of drug-likeness (QED) is 0.579. The van der Waals surface area contributed by atoms with E-state index in [1.165, 1.54) is 0 Å². The van der Waals surface area contributed by atoms with Crippen molar-refractivity contribution in [3.05, 3.63) is 0 Å². The molecule has 0 aliphatic carbocycles. The number of hydrogen-bond acceptors (Lipinski definition) is 2. The Morgan fingerprint density at radius 2 is 2.08 bits per heavy atom. The molecule has 1 saturated heterocycles. The van der Waals surface area contributed by atoms with Gasteiger partial charge in [-0.3, -0.25) is 4.79 Å². The molecule has 1 rings (SSSR count). The van der Waals surface area contributed by atoms with Crippen LogP contribution in [0.5, 0.6) is 0 Å². The van der Waals surface area contributed by atoms with Gasteiger partial charge in [0, 0.05) is 6.54 Å². The number of carbonyl (C=O) groups excluding carboxylic acids is 1. The van der Waals surface area contributed by atoms with Crippen LogP contribution in [0.25, 0.3) is 0 Å². The van der Waals surface area contributed by atoms with Crippen molar-refractivity contribution in [3.8, 4) is 0 Å². The fourth-order valence-electron chi connectivity index (χ4n) is 1.35. The molecule has 0 aromatic rings. The zero-order chi connectivity index (χ0) is 9.90. The summed E-state index contributed by atoms with van der Waals surface area (Å²) in [6.45, 7) is 6.46. The zero-order valence-corrected chi connectivity index (χ0v) is 8.67. The van der Waals surface area contributed by atoms with Gasteiger partial charge >= 0.3 is 5.97 Å². The van der Waals surface area contributed by atoms with Crippen LogP contribution >= 0.6 is 0 Å². The van der Waals surface area contributed by atoms with Gasteiger partial charge in [-0.25, -0.2) is 5.32 Å². The minimum Gasteiger partial charge on any atom is -0.459 e. The predicted molar refractivity (Wildman–Crippen MR) is 50.5 cm³/mol. The Morgan fingerprint density at radius 3 is 2.54 bits per heavy atom. The van der Waals surface area contributed by atoms with E-state index in [-0.39, 0.29) is 17.6 Å². The van der Waals surface area contributed by atoms with E-state index in [1.54, 1.807) is 0 Å². The number of carbonyl (C=O) groups is 1. The largest absolute Gasteiger partial charge is 0.459 e. The monoisotopic (exact) mass is 184 g/mol. The van der Waals surface area contributed by atoms with E-state index in [4.69, 9.17) is 4.74 Å². The Labute approximate surface area is 79.8 Å². The first-order valence-corrected chi connectivity index (χ1v) is 4.88. The third-order valence-corrected chi connectivity index (χ3v) is 1.91. The van der Waals surface area contributed by atoms with Crippen molar-refractivity contribution in [2.45, 2.75) is 51.7 Å². The number of hydrogen-bond donors (Lipinski definition) is 0. The van der Waals surface area contributed by atoms with E-state index >= 15 is 0 Å². The summed E-state index contributed by atoms with van der Waals surface area (Å²) in [6, 6.07) is -0.201. The van der Waals surface area contributed by atoms with E-state index in [2.05, 4.69) is 5.32 Å². The summed E-state index contributed by atoms with van der Waals surface area (Å²) in [4.78, 5) is 11.5. The summed E-state index contributed by atoms with van der Waals surface area (Å²) < 4.78 is 5.24. The summed E-state index contributed by atoms with van der Waals surface area (Å²) in [5.41, 5.74) is -0.385. The molecular weight excluding hydrogens is 166 g/mol. The Hall–Kier alpha value is -0.570. The first kappa shape index (κ1) is 10.5. The number of rotatable bonds is 1. The Kier molecular flexibility index (Phi) is 3.31. The van der Waals surface area contributed by atoms with Crippen molar-refractivity contribution in [2.75, 3.05) is 6.54 Å². The number of nitrogens with zero attached hydrogens (tertiary/aromatic N) is 1. The molecule has 1 unspecified atom stereocenters. The van der Waals surface area contributed by atoms with E-state index in [9.17, 15) is 4.79 Å². The van der Waals surface area contributed by atoms with E-state index in [0.29, 0.717) is 0 Å². The van der Waals surface area contributed by atoms with Crippen LogP contribution in [0.15, 0.2) is 0 Å². The van der Waals surface area contributed by atoms with Crippen molar-refractivity contribution >= 4 is 5.97 Å². The van der Waals surface area contributed by atoms with Gasteiger partial charge in [0.15, 0.2) is 0 Å². The minimum absolute atomic E-state index is 0.160. The second-order valence-corrected chi connectivity index (χ2v) is 4.45. The second kappa shape index (κ2) is 4.09. The molecule has 0 amide bonds. The van der Waals surface area contributed by atoms with Crippen molar-refractivity contribution in [2.24, 2.45) is 0 Å². The first-order chi connectivity index (χ1) is 5.99. The second-order valence-electron chi connectivity index (χ2n) is 4.45. The maximum atomic E-state index is 11.5. The minimum atomic E-state index is -0.385. The molecule has 0 bridgehead atoms. The van der Waals surface area contributed by atoms with E-state index in [1.807, 2.05) is 20.8 Å². The molecule has 3 nitrogen and oxygen atoms in total. The Bertz CT molecular complexity index is 178. The lowest BCUT2D eigenvalue weighted by atomic mass is 10.0. The molecule has 0 N–H and O–H groups in total. The van der Waals surface area contributed by atoms with Crippen LogP contribution in [0.4, 0.5) is 0 Å². The van der Waals surface area contributed by atoms with Crippen LogP contribution in [0.2, 0.25) is 0 Å². The molecule has 0 aromatic carbocycles. The van der Waals surface area contributed by atoms with Crippen LogP contribution in [0, 0.1) is 0 Å². The highest BCUT2D eigenvalue weighted by Crippen LogP contribution is 2.14. The highest BCUT2D eigenvalue weighted by atomic mass is 16.6. The van der Waals surface area contributed by atoms with Gasteiger partial charge in [0.25, 0.3) is 0 Å². The molecule has 3 heteroatoms. The van der Waals surface area contributed by atoms with Crippen molar-refractivity contribution < 1.29 is 9.53 Å².